The molecule has 0 aromatic rings. The molecule has 0 N–H and O–H groups in total. The lowest BCUT2D eigenvalue weighted by Crippen LogP contribution is -2.04. The first-order chi connectivity index (χ1) is 3.83. The van der Waals surface area contributed by atoms with Crippen LogP contribution >= 0.6 is 0 Å². The smallest absolute Gasteiger partial charge is 0.429 e. The largest absolute Gasteiger partial charge is 0.509 e. The van der Waals surface area contributed by atoms with Crippen LogP contribution in [0.5, 0.6) is 0 Å². The van der Waals surface area contributed by atoms with Crippen LogP contribution in [0.3, 0.4) is 0 Å². The molecule has 1 saturated heterocycles. The highest BCUT2D eigenvalue weighted by Crippen LogP contribution is 2.03. The molecular formula is C5H4O3. The first kappa shape index (κ1) is 4.98. The maximum absolute atomic E-state index is 10.1. The Morgan fingerprint density at radius 3 is 2.88 bits per heavy atom. The van der Waals surface area contributed by atoms with E-state index in [0.29, 0.717) is 0 Å². The molecule has 0 radical (unpaired) electrons. The summed E-state index contributed by atoms with van der Waals surface area (Å²) in [4.78, 5) is 10.1. The number of carbonyl (C=O) groups excluding carboxylic acids is 1. The number of rotatable bonds is 0. The highest BCUT2D eigenvalue weighted by atomic mass is 16.8. The van der Waals surface area contributed by atoms with E-state index >= 15 is 0 Å². The quantitative estimate of drug-likeness (QED) is 0.330. The average Bonchev–Trinajstić information content (AvgIpc) is 2.14. The lowest BCUT2D eigenvalue weighted by atomic mass is 10.4. The van der Waals surface area contributed by atoms with Gasteiger partial charge in [-0.1, -0.05) is 5.92 Å². The minimum atomic E-state index is -0.673. The van der Waals surface area contributed by atoms with Crippen molar-refractivity contribution in [3.05, 3.63) is 0 Å². The van der Waals surface area contributed by atoms with Crippen LogP contribution in [0.4, 0.5) is 4.79 Å². The molecule has 42 valence electrons. The molecule has 0 aromatic carbocycles. The van der Waals surface area contributed by atoms with Crippen molar-refractivity contribution in [2.24, 2.45) is 0 Å². The van der Waals surface area contributed by atoms with Crippen molar-refractivity contribution in [3.63, 3.8) is 0 Å². The number of carbonyl (C=O) groups is 1. The van der Waals surface area contributed by atoms with Crippen LogP contribution in [0.2, 0.25) is 0 Å². The zero-order valence-corrected chi connectivity index (χ0v) is 4.09. The van der Waals surface area contributed by atoms with Gasteiger partial charge in [0.05, 0.1) is 0 Å². The molecule has 1 rings (SSSR count). The number of hydrogen-bond donors (Lipinski definition) is 0. The molecule has 0 aliphatic carbocycles. The summed E-state index contributed by atoms with van der Waals surface area (Å²) in [5.41, 5.74) is 0. The predicted octanol–water partition coefficient (Wildman–Crippen LogP) is 0.155. The fourth-order valence-corrected chi connectivity index (χ4v) is 0.410. The number of cyclic esters (lactones) is 2. The van der Waals surface area contributed by atoms with Crippen LogP contribution in [-0.2, 0) is 9.47 Å². The van der Waals surface area contributed by atoms with Gasteiger partial charge < -0.3 is 9.47 Å². The fourth-order valence-electron chi connectivity index (χ4n) is 0.410. The summed E-state index contributed by atoms with van der Waals surface area (Å²) in [7, 11) is 0. The molecule has 1 heterocycles. The van der Waals surface area contributed by atoms with E-state index in [1.54, 1.807) is 0 Å². The van der Waals surface area contributed by atoms with Gasteiger partial charge in [0.2, 0.25) is 0 Å². The average molecular weight is 112 g/mol. The van der Waals surface area contributed by atoms with E-state index in [9.17, 15) is 4.79 Å². The summed E-state index contributed by atoms with van der Waals surface area (Å²) in [6.07, 6.45) is 3.75. The predicted molar refractivity (Wildman–Crippen MR) is 25.1 cm³/mol. The number of hydrogen-bond acceptors (Lipinski definition) is 3. The maximum Gasteiger partial charge on any atom is 0.509 e. The van der Waals surface area contributed by atoms with Gasteiger partial charge in [-0.15, -0.1) is 6.42 Å². The van der Waals surface area contributed by atoms with Gasteiger partial charge in [-0.3, -0.25) is 0 Å². The topological polar surface area (TPSA) is 35.5 Å². The molecule has 0 aromatic heterocycles. The third-order valence-corrected chi connectivity index (χ3v) is 0.777. The Hall–Kier alpha value is -1.17. The Morgan fingerprint density at radius 2 is 2.62 bits per heavy atom. The fraction of sp³-hybridized carbons (Fsp3) is 0.400. The molecule has 0 bridgehead atoms. The van der Waals surface area contributed by atoms with Gasteiger partial charge in [0.1, 0.15) is 6.61 Å². The van der Waals surface area contributed by atoms with Crippen molar-refractivity contribution in [2.45, 2.75) is 6.10 Å². The van der Waals surface area contributed by atoms with Gasteiger partial charge in [0.25, 0.3) is 0 Å². The van der Waals surface area contributed by atoms with Gasteiger partial charge in [0.15, 0.2) is 6.10 Å². The van der Waals surface area contributed by atoms with Crippen LogP contribution < -0.4 is 0 Å². The Bertz CT molecular complexity index is 144. The van der Waals surface area contributed by atoms with Crippen molar-refractivity contribution < 1.29 is 14.3 Å². The van der Waals surface area contributed by atoms with E-state index in [4.69, 9.17) is 6.42 Å². The Kier molecular flexibility index (Phi) is 1.09. The van der Waals surface area contributed by atoms with E-state index in [1.807, 2.05) is 0 Å². The van der Waals surface area contributed by atoms with Crippen LogP contribution in [0.15, 0.2) is 0 Å². The normalized spacial score (nSPS) is 25.9. The lowest BCUT2D eigenvalue weighted by Gasteiger charge is -1.89. The van der Waals surface area contributed by atoms with Crippen molar-refractivity contribution >= 4 is 6.16 Å². The van der Waals surface area contributed by atoms with E-state index in [2.05, 4.69) is 15.4 Å². The molecule has 3 nitrogen and oxygen atoms in total. The van der Waals surface area contributed by atoms with Crippen LogP contribution in [0.25, 0.3) is 0 Å². The van der Waals surface area contributed by atoms with Gasteiger partial charge in [-0.25, -0.2) is 4.79 Å². The minimum absolute atomic E-state index is 0.190. The van der Waals surface area contributed by atoms with E-state index in [1.165, 1.54) is 0 Å². The minimum Gasteiger partial charge on any atom is -0.429 e. The molecule has 0 unspecified atom stereocenters. The SMILES string of the molecule is C#C[C@@H]1COC(=O)O1. The molecule has 0 saturated carbocycles. The first-order valence-electron chi connectivity index (χ1n) is 2.12. The van der Waals surface area contributed by atoms with Crippen LogP contribution in [0, 0.1) is 12.3 Å². The van der Waals surface area contributed by atoms with E-state index in [0.717, 1.165) is 0 Å². The lowest BCUT2D eigenvalue weighted by molar-refractivity contribution is 0.126. The summed E-state index contributed by atoms with van der Waals surface area (Å²) in [5, 5.41) is 0. The summed E-state index contributed by atoms with van der Waals surface area (Å²) >= 11 is 0. The van der Waals surface area contributed by atoms with Crippen LogP contribution in [0.1, 0.15) is 0 Å². The molecule has 3 heteroatoms. The van der Waals surface area contributed by atoms with Gasteiger partial charge >= 0.3 is 6.16 Å². The van der Waals surface area contributed by atoms with Crippen molar-refractivity contribution in [2.75, 3.05) is 6.61 Å². The molecule has 1 aliphatic rings. The summed E-state index contributed by atoms with van der Waals surface area (Å²) in [5.74, 6) is 2.23. The van der Waals surface area contributed by atoms with Crippen molar-refractivity contribution in [1.29, 1.82) is 0 Å². The molecular weight excluding hydrogens is 108 g/mol. The van der Waals surface area contributed by atoms with E-state index < -0.39 is 12.3 Å². The third kappa shape index (κ3) is 0.733. The second kappa shape index (κ2) is 1.74. The van der Waals surface area contributed by atoms with Crippen LogP contribution in [-0.4, -0.2) is 18.9 Å². The summed E-state index contributed by atoms with van der Waals surface area (Å²) in [6.45, 7) is 0.190. The second-order valence-corrected chi connectivity index (χ2v) is 1.33. The molecule has 1 aliphatic heterocycles. The highest BCUT2D eigenvalue weighted by Gasteiger charge is 2.21. The number of ether oxygens (including phenoxy) is 2. The zero-order chi connectivity index (χ0) is 5.98. The Labute approximate surface area is 46.6 Å². The van der Waals surface area contributed by atoms with Crippen molar-refractivity contribution in [3.8, 4) is 12.3 Å². The van der Waals surface area contributed by atoms with E-state index in [-0.39, 0.29) is 6.61 Å². The molecule has 8 heavy (non-hydrogen) atoms. The first-order valence-corrected chi connectivity index (χ1v) is 2.12. The van der Waals surface area contributed by atoms with Gasteiger partial charge in [-0.2, -0.15) is 0 Å². The standard InChI is InChI=1S/C5H4O3/c1-2-4-3-7-5(6)8-4/h1,4H,3H2/t4-/m1/s1. The zero-order valence-electron chi connectivity index (χ0n) is 4.09. The van der Waals surface area contributed by atoms with Gasteiger partial charge in [-0.05, 0) is 0 Å². The molecule has 0 amide bonds. The number of terminal acetylenes is 1. The Morgan fingerprint density at radius 1 is 1.88 bits per heavy atom. The van der Waals surface area contributed by atoms with Crippen molar-refractivity contribution in [1.82, 2.24) is 0 Å². The summed E-state index contributed by atoms with van der Waals surface area (Å²) < 4.78 is 8.77. The monoisotopic (exact) mass is 112 g/mol. The maximum atomic E-state index is 10.1. The Balaban J connectivity index is 2.47. The van der Waals surface area contributed by atoms with Gasteiger partial charge in [0, 0.05) is 0 Å². The summed E-state index contributed by atoms with van der Waals surface area (Å²) in [6, 6.07) is 0. The molecule has 1 atom stereocenters. The highest BCUT2D eigenvalue weighted by molar-refractivity contribution is 5.62. The second-order valence-electron chi connectivity index (χ2n) is 1.33. The third-order valence-electron chi connectivity index (χ3n) is 0.777. The molecule has 1 fully saturated rings. The molecule has 0 spiro atoms.